The van der Waals surface area contributed by atoms with Gasteiger partial charge in [-0.2, -0.15) is 0 Å². The van der Waals surface area contributed by atoms with Gasteiger partial charge < -0.3 is 24.4 Å². The summed E-state index contributed by atoms with van der Waals surface area (Å²) >= 11 is 0. The molecule has 1 unspecified atom stereocenters. The minimum absolute atomic E-state index is 0.0183. The number of allylic oxidation sites excluding steroid dienone is 3. The molecule has 0 saturated carbocycles. The summed E-state index contributed by atoms with van der Waals surface area (Å²) < 4.78 is 17.1. The van der Waals surface area contributed by atoms with E-state index < -0.39 is 36.8 Å². The van der Waals surface area contributed by atoms with Gasteiger partial charge in [-0.05, 0) is 18.1 Å². The number of hydrogen-bond donors (Lipinski definition) is 2. The van der Waals surface area contributed by atoms with Crippen molar-refractivity contribution in [1.29, 1.82) is 0 Å². The quantitative estimate of drug-likeness (QED) is 0.550. The summed E-state index contributed by atoms with van der Waals surface area (Å²) in [4.78, 5) is 12.2. The standard InChI is InChI=1S/C22H28O6/c1-2-8-19-26-14-18-22(28-19)21(25)20(24)17(27-18)13-16(23)12-7-6-11-15-9-4-3-5-10-15/h3-7,9-12,17-22,24-25H,2,8,13-14H2,1H3/b11-6+,12-7+/t17-,18+,19?,20-,21+,22+/m0/s1. The second-order valence-corrected chi connectivity index (χ2v) is 7.15. The summed E-state index contributed by atoms with van der Waals surface area (Å²) in [7, 11) is 0. The summed E-state index contributed by atoms with van der Waals surface area (Å²) in [6.07, 6.45) is 3.76. The first-order chi connectivity index (χ1) is 13.6. The highest BCUT2D eigenvalue weighted by Crippen LogP contribution is 2.30. The molecule has 0 bridgehead atoms. The number of carbonyl (C=O) groups is 1. The Bertz CT molecular complexity index is 684. The van der Waals surface area contributed by atoms with Gasteiger partial charge >= 0.3 is 0 Å². The molecular weight excluding hydrogens is 360 g/mol. The third-order valence-corrected chi connectivity index (χ3v) is 4.95. The van der Waals surface area contributed by atoms with E-state index in [1.165, 1.54) is 6.08 Å². The number of ketones is 1. The van der Waals surface area contributed by atoms with Crippen LogP contribution in [-0.4, -0.2) is 59.4 Å². The smallest absolute Gasteiger partial charge is 0.158 e. The van der Waals surface area contributed by atoms with Crippen molar-refractivity contribution in [2.75, 3.05) is 6.61 Å². The number of benzene rings is 1. The average Bonchev–Trinajstić information content (AvgIpc) is 2.71. The first-order valence-corrected chi connectivity index (χ1v) is 9.79. The molecule has 2 heterocycles. The molecule has 0 aliphatic carbocycles. The minimum atomic E-state index is -1.18. The fourth-order valence-electron chi connectivity index (χ4n) is 3.45. The Labute approximate surface area is 165 Å². The summed E-state index contributed by atoms with van der Waals surface area (Å²) in [5.41, 5.74) is 1.04. The van der Waals surface area contributed by atoms with Crippen molar-refractivity contribution in [1.82, 2.24) is 0 Å². The van der Waals surface area contributed by atoms with E-state index in [-0.39, 0.29) is 18.8 Å². The van der Waals surface area contributed by atoms with Gasteiger partial charge in [-0.15, -0.1) is 0 Å². The Balaban J connectivity index is 1.52. The van der Waals surface area contributed by atoms with E-state index in [1.807, 2.05) is 43.3 Å². The van der Waals surface area contributed by atoms with Crippen LogP contribution in [0.25, 0.3) is 6.08 Å². The Morgan fingerprint density at radius 1 is 1.14 bits per heavy atom. The van der Waals surface area contributed by atoms with E-state index in [9.17, 15) is 15.0 Å². The number of ether oxygens (including phenoxy) is 3. The van der Waals surface area contributed by atoms with Crippen LogP contribution in [-0.2, 0) is 19.0 Å². The molecule has 3 rings (SSSR count). The van der Waals surface area contributed by atoms with Crippen LogP contribution in [0.5, 0.6) is 0 Å². The highest BCUT2D eigenvalue weighted by molar-refractivity contribution is 5.90. The molecule has 0 aromatic heterocycles. The molecular formula is C22H28O6. The average molecular weight is 388 g/mol. The maximum absolute atomic E-state index is 12.2. The number of aliphatic hydroxyl groups is 2. The van der Waals surface area contributed by atoms with Crippen molar-refractivity contribution in [2.24, 2.45) is 0 Å². The number of hydrogen-bond acceptors (Lipinski definition) is 6. The van der Waals surface area contributed by atoms with Gasteiger partial charge in [0.2, 0.25) is 0 Å². The SMILES string of the molecule is CCCC1OC[C@H]2O[C@@H](CC(=O)/C=C/C=C/c3ccccc3)[C@H](O)[C@@H](O)[C@@H]2O1. The lowest BCUT2D eigenvalue weighted by Gasteiger charge is -2.46. The highest BCUT2D eigenvalue weighted by Gasteiger charge is 2.48. The van der Waals surface area contributed by atoms with Gasteiger partial charge in [0.15, 0.2) is 12.1 Å². The molecule has 1 aromatic carbocycles. The van der Waals surface area contributed by atoms with E-state index in [1.54, 1.807) is 12.2 Å². The Kier molecular flexibility index (Phi) is 7.53. The maximum Gasteiger partial charge on any atom is 0.158 e. The zero-order valence-corrected chi connectivity index (χ0v) is 16.0. The molecule has 28 heavy (non-hydrogen) atoms. The van der Waals surface area contributed by atoms with Gasteiger partial charge in [-0.3, -0.25) is 4.79 Å². The van der Waals surface area contributed by atoms with Crippen molar-refractivity contribution in [3.8, 4) is 0 Å². The van der Waals surface area contributed by atoms with Gasteiger partial charge in [0.1, 0.15) is 24.4 Å². The predicted octanol–water partition coefficient (Wildman–Crippen LogP) is 2.25. The molecule has 6 heteroatoms. The van der Waals surface area contributed by atoms with E-state index in [0.717, 1.165) is 18.4 Å². The van der Waals surface area contributed by atoms with Crippen LogP contribution < -0.4 is 0 Å². The third-order valence-electron chi connectivity index (χ3n) is 4.95. The van der Waals surface area contributed by atoms with E-state index >= 15 is 0 Å². The maximum atomic E-state index is 12.2. The first kappa shape index (κ1) is 20.9. The van der Waals surface area contributed by atoms with Crippen LogP contribution in [0.1, 0.15) is 31.7 Å². The van der Waals surface area contributed by atoms with Gasteiger partial charge in [-0.1, -0.05) is 61.9 Å². The highest BCUT2D eigenvalue weighted by atomic mass is 16.7. The molecule has 2 saturated heterocycles. The van der Waals surface area contributed by atoms with Crippen molar-refractivity contribution in [3.63, 3.8) is 0 Å². The summed E-state index contributed by atoms with van der Waals surface area (Å²) in [5, 5.41) is 20.8. The topological polar surface area (TPSA) is 85.2 Å². The second-order valence-electron chi connectivity index (χ2n) is 7.15. The van der Waals surface area contributed by atoms with Crippen LogP contribution in [0.15, 0.2) is 48.6 Å². The molecule has 0 spiro atoms. The van der Waals surface area contributed by atoms with Gasteiger partial charge in [-0.25, -0.2) is 0 Å². The normalized spacial score (nSPS) is 33.2. The lowest BCUT2D eigenvalue weighted by atomic mass is 9.92. The summed E-state index contributed by atoms with van der Waals surface area (Å²) in [6, 6.07) is 9.76. The fraction of sp³-hybridized carbons (Fsp3) is 0.500. The van der Waals surface area contributed by atoms with E-state index in [0.29, 0.717) is 0 Å². The molecule has 152 valence electrons. The molecule has 0 amide bonds. The van der Waals surface area contributed by atoms with Crippen LogP contribution >= 0.6 is 0 Å². The third kappa shape index (κ3) is 5.37. The second kappa shape index (κ2) is 10.1. The number of rotatable bonds is 7. The van der Waals surface area contributed by atoms with Gasteiger partial charge in [0, 0.05) is 6.42 Å². The summed E-state index contributed by atoms with van der Waals surface area (Å²) in [5.74, 6) is -0.186. The zero-order valence-electron chi connectivity index (χ0n) is 16.0. The zero-order chi connectivity index (χ0) is 19.9. The number of carbonyl (C=O) groups excluding carboxylic acids is 1. The Morgan fingerprint density at radius 2 is 1.93 bits per heavy atom. The lowest BCUT2D eigenvalue weighted by Crippen LogP contribution is -2.62. The molecule has 2 fully saturated rings. The molecule has 6 nitrogen and oxygen atoms in total. The summed E-state index contributed by atoms with van der Waals surface area (Å²) in [6.45, 7) is 2.30. The van der Waals surface area contributed by atoms with Gasteiger partial charge in [0.25, 0.3) is 0 Å². The van der Waals surface area contributed by atoms with Crippen molar-refractivity contribution in [2.45, 2.75) is 63.0 Å². The predicted molar refractivity (Wildman–Crippen MR) is 104 cm³/mol. The van der Waals surface area contributed by atoms with Crippen LogP contribution in [0, 0.1) is 0 Å². The van der Waals surface area contributed by atoms with Crippen molar-refractivity contribution >= 4 is 11.9 Å². The largest absolute Gasteiger partial charge is 0.388 e. The first-order valence-electron chi connectivity index (χ1n) is 9.79. The fourth-order valence-corrected chi connectivity index (χ4v) is 3.45. The lowest BCUT2D eigenvalue weighted by molar-refractivity contribution is -0.325. The van der Waals surface area contributed by atoms with E-state index in [2.05, 4.69) is 0 Å². The number of fused-ring (bicyclic) bond motifs is 1. The molecule has 2 aliphatic heterocycles. The van der Waals surface area contributed by atoms with E-state index in [4.69, 9.17) is 14.2 Å². The molecule has 2 N–H and O–H groups in total. The van der Waals surface area contributed by atoms with Crippen LogP contribution in [0.2, 0.25) is 0 Å². The molecule has 2 aliphatic rings. The van der Waals surface area contributed by atoms with Gasteiger partial charge in [0.05, 0.1) is 12.7 Å². The Morgan fingerprint density at radius 3 is 2.68 bits per heavy atom. The van der Waals surface area contributed by atoms with Crippen molar-refractivity contribution < 1.29 is 29.2 Å². The minimum Gasteiger partial charge on any atom is -0.388 e. The monoisotopic (exact) mass is 388 g/mol. The van der Waals surface area contributed by atoms with Crippen molar-refractivity contribution in [3.05, 3.63) is 54.1 Å². The Hall–Kier alpha value is -1.83. The van der Waals surface area contributed by atoms with Crippen LogP contribution in [0.4, 0.5) is 0 Å². The molecule has 6 atom stereocenters. The molecule has 1 aromatic rings. The van der Waals surface area contributed by atoms with Crippen LogP contribution in [0.3, 0.4) is 0 Å². The molecule has 0 radical (unpaired) electrons. The number of aliphatic hydroxyl groups excluding tert-OH is 2.